The first-order valence-electron chi connectivity index (χ1n) is 5.36. The Morgan fingerprint density at radius 3 is 1.74 bits per heavy atom. The van der Waals surface area contributed by atoms with Crippen LogP contribution < -0.4 is 5.46 Å². The SMILES string of the molecule is CN(CC(=O)O)CC(=O)O.OB(O)c1ccccc1. The highest BCUT2D eigenvalue weighted by atomic mass is 16.4. The van der Waals surface area contributed by atoms with Gasteiger partial charge in [-0.1, -0.05) is 30.3 Å². The van der Waals surface area contributed by atoms with Gasteiger partial charge in [-0.3, -0.25) is 14.5 Å². The molecule has 0 saturated carbocycles. The summed E-state index contributed by atoms with van der Waals surface area (Å²) in [5.41, 5.74) is 0.525. The number of carbonyl (C=O) groups is 2. The summed E-state index contributed by atoms with van der Waals surface area (Å²) in [6, 6.07) is 8.66. The van der Waals surface area contributed by atoms with Crippen LogP contribution in [-0.4, -0.2) is 64.4 Å². The van der Waals surface area contributed by atoms with Crippen molar-refractivity contribution in [3.8, 4) is 0 Å². The third-order valence-electron chi connectivity index (χ3n) is 1.91. The van der Waals surface area contributed by atoms with Crippen LogP contribution in [-0.2, 0) is 9.59 Å². The minimum absolute atomic E-state index is 0.244. The van der Waals surface area contributed by atoms with Crippen LogP contribution in [0.15, 0.2) is 30.3 Å². The van der Waals surface area contributed by atoms with Gasteiger partial charge in [-0.25, -0.2) is 0 Å². The molecule has 0 bridgehead atoms. The fraction of sp³-hybridized carbons (Fsp3) is 0.273. The lowest BCUT2D eigenvalue weighted by molar-refractivity contribution is -0.141. The van der Waals surface area contributed by atoms with E-state index < -0.39 is 19.1 Å². The van der Waals surface area contributed by atoms with Crippen molar-refractivity contribution in [1.82, 2.24) is 4.90 Å². The van der Waals surface area contributed by atoms with Crippen molar-refractivity contribution in [2.45, 2.75) is 0 Å². The first-order valence-corrected chi connectivity index (χ1v) is 5.36. The second-order valence-corrected chi connectivity index (χ2v) is 3.74. The molecule has 0 aliphatic carbocycles. The molecular weight excluding hydrogens is 253 g/mol. The summed E-state index contributed by atoms with van der Waals surface area (Å²) >= 11 is 0. The van der Waals surface area contributed by atoms with Crippen LogP contribution in [0.3, 0.4) is 0 Å². The fourth-order valence-corrected chi connectivity index (χ4v) is 1.14. The zero-order chi connectivity index (χ0) is 14.8. The highest BCUT2D eigenvalue weighted by Gasteiger charge is 2.07. The number of rotatable bonds is 5. The van der Waals surface area contributed by atoms with Crippen LogP contribution >= 0.6 is 0 Å². The van der Waals surface area contributed by atoms with E-state index >= 15 is 0 Å². The first kappa shape index (κ1) is 17.1. The molecule has 0 aliphatic heterocycles. The standard InChI is InChI=1S/C6H7BO2.C5H9NO4/c8-7(9)6-4-2-1-3-5-6;1-6(2-4(7)8)3-5(9)10/h1-5,8-9H;2-3H2,1H3,(H,7,8)(H,9,10). The molecule has 0 amide bonds. The largest absolute Gasteiger partial charge is 0.488 e. The van der Waals surface area contributed by atoms with Crippen LogP contribution in [0.4, 0.5) is 0 Å². The maximum atomic E-state index is 9.96. The van der Waals surface area contributed by atoms with E-state index in [1.807, 2.05) is 6.07 Å². The Hall–Kier alpha value is -1.90. The summed E-state index contributed by atoms with van der Waals surface area (Å²) in [6.07, 6.45) is 0. The van der Waals surface area contributed by atoms with Crippen molar-refractivity contribution in [2.75, 3.05) is 20.1 Å². The molecule has 0 saturated heterocycles. The van der Waals surface area contributed by atoms with Gasteiger partial charge < -0.3 is 20.3 Å². The number of likely N-dealkylation sites (N-methyl/N-ethyl adjacent to an activating group) is 1. The predicted octanol–water partition coefficient (Wildman–Crippen LogP) is -1.55. The van der Waals surface area contributed by atoms with E-state index in [-0.39, 0.29) is 13.1 Å². The zero-order valence-corrected chi connectivity index (χ0v) is 10.4. The van der Waals surface area contributed by atoms with Crippen molar-refractivity contribution in [3.63, 3.8) is 0 Å². The fourth-order valence-electron chi connectivity index (χ4n) is 1.14. The summed E-state index contributed by atoms with van der Waals surface area (Å²) < 4.78 is 0. The maximum Gasteiger partial charge on any atom is 0.488 e. The molecule has 1 rings (SSSR count). The summed E-state index contributed by atoms with van der Waals surface area (Å²) in [6.45, 7) is -0.488. The van der Waals surface area contributed by atoms with Gasteiger partial charge in [-0.15, -0.1) is 0 Å². The van der Waals surface area contributed by atoms with Gasteiger partial charge in [0, 0.05) is 0 Å². The van der Waals surface area contributed by atoms with E-state index in [2.05, 4.69) is 0 Å². The molecule has 104 valence electrons. The third kappa shape index (κ3) is 9.77. The highest BCUT2D eigenvalue weighted by Crippen LogP contribution is 1.82. The Morgan fingerprint density at radius 1 is 1.05 bits per heavy atom. The molecule has 0 atom stereocenters. The van der Waals surface area contributed by atoms with Crippen molar-refractivity contribution in [3.05, 3.63) is 30.3 Å². The third-order valence-corrected chi connectivity index (χ3v) is 1.91. The van der Waals surface area contributed by atoms with E-state index in [4.69, 9.17) is 20.3 Å². The van der Waals surface area contributed by atoms with E-state index in [0.717, 1.165) is 0 Å². The van der Waals surface area contributed by atoms with Gasteiger partial charge in [0.25, 0.3) is 0 Å². The zero-order valence-electron chi connectivity index (χ0n) is 10.4. The molecule has 4 N–H and O–H groups in total. The minimum atomic E-state index is -1.34. The first-order chi connectivity index (χ1) is 8.82. The number of carboxylic acid groups (broad SMARTS) is 2. The minimum Gasteiger partial charge on any atom is -0.480 e. The topological polar surface area (TPSA) is 118 Å². The Kier molecular flexibility index (Phi) is 8.18. The molecule has 0 fully saturated rings. The van der Waals surface area contributed by atoms with E-state index in [0.29, 0.717) is 5.46 Å². The van der Waals surface area contributed by atoms with Crippen LogP contribution in [0.25, 0.3) is 0 Å². The van der Waals surface area contributed by atoms with Crippen molar-refractivity contribution >= 4 is 24.5 Å². The quantitative estimate of drug-likeness (QED) is 0.478. The van der Waals surface area contributed by atoms with Gasteiger partial charge in [0.05, 0.1) is 13.1 Å². The van der Waals surface area contributed by atoms with Crippen LogP contribution in [0, 0.1) is 0 Å². The van der Waals surface area contributed by atoms with Crippen LogP contribution in [0.5, 0.6) is 0 Å². The molecule has 0 aliphatic rings. The van der Waals surface area contributed by atoms with Gasteiger partial charge in [-0.05, 0) is 12.5 Å². The Bertz CT molecular complexity index is 381. The molecule has 1 aromatic rings. The molecular formula is C11H16BNO6. The number of hydrogen-bond acceptors (Lipinski definition) is 5. The summed E-state index contributed by atoms with van der Waals surface area (Å²) in [7, 11) is 0.0913. The molecule has 8 heteroatoms. The van der Waals surface area contributed by atoms with Crippen LogP contribution in [0.2, 0.25) is 0 Å². The average Bonchev–Trinajstić information content (AvgIpc) is 2.28. The predicted molar refractivity (Wildman–Crippen MR) is 69.0 cm³/mol. The number of benzene rings is 1. The normalized spacial score (nSPS) is 9.47. The lowest BCUT2D eigenvalue weighted by Crippen LogP contribution is -2.30. The molecule has 0 aromatic heterocycles. The van der Waals surface area contributed by atoms with E-state index in [1.165, 1.54) is 11.9 Å². The summed E-state index contributed by atoms with van der Waals surface area (Å²) in [5, 5.41) is 33.5. The number of nitrogens with zero attached hydrogens (tertiary/aromatic N) is 1. The molecule has 1 aromatic carbocycles. The van der Waals surface area contributed by atoms with Gasteiger partial charge in [0.15, 0.2) is 0 Å². The van der Waals surface area contributed by atoms with E-state index in [9.17, 15) is 9.59 Å². The van der Waals surface area contributed by atoms with Gasteiger partial charge in [0.2, 0.25) is 0 Å². The average molecular weight is 269 g/mol. The monoisotopic (exact) mass is 269 g/mol. The number of carboxylic acids is 2. The highest BCUT2D eigenvalue weighted by molar-refractivity contribution is 6.58. The number of aliphatic carboxylic acids is 2. The smallest absolute Gasteiger partial charge is 0.480 e. The van der Waals surface area contributed by atoms with Gasteiger partial charge >= 0.3 is 19.1 Å². The lowest BCUT2D eigenvalue weighted by Gasteiger charge is -2.08. The summed E-state index contributed by atoms with van der Waals surface area (Å²) in [5.74, 6) is -2.05. The molecule has 7 nitrogen and oxygen atoms in total. The maximum absolute atomic E-state index is 9.96. The van der Waals surface area contributed by atoms with Crippen molar-refractivity contribution < 1.29 is 29.9 Å². The molecule has 0 unspecified atom stereocenters. The lowest BCUT2D eigenvalue weighted by atomic mass is 9.81. The Labute approximate surface area is 110 Å². The molecule has 19 heavy (non-hydrogen) atoms. The van der Waals surface area contributed by atoms with Gasteiger partial charge in [-0.2, -0.15) is 0 Å². The molecule has 0 radical (unpaired) electrons. The van der Waals surface area contributed by atoms with Crippen LogP contribution in [0.1, 0.15) is 0 Å². The molecule has 0 heterocycles. The van der Waals surface area contributed by atoms with Crippen molar-refractivity contribution in [1.29, 1.82) is 0 Å². The second-order valence-electron chi connectivity index (χ2n) is 3.74. The summed E-state index contributed by atoms with van der Waals surface area (Å²) in [4.78, 5) is 21.1. The van der Waals surface area contributed by atoms with Gasteiger partial charge in [0.1, 0.15) is 0 Å². The van der Waals surface area contributed by atoms with Crippen molar-refractivity contribution in [2.24, 2.45) is 0 Å². The van der Waals surface area contributed by atoms with E-state index in [1.54, 1.807) is 24.3 Å². The Balaban J connectivity index is 0.000000342. The number of hydrogen-bond donors (Lipinski definition) is 4. The Morgan fingerprint density at radius 2 is 1.47 bits per heavy atom. The second kappa shape index (κ2) is 9.09. The molecule has 0 spiro atoms.